The van der Waals surface area contributed by atoms with E-state index in [0.29, 0.717) is 6.42 Å². The zero-order chi connectivity index (χ0) is 22.6. The number of aliphatic hydroxyl groups is 2. The number of rotatable bonds is 14. The number of hydrogen-bond acceptors (Lipinski definition) is 4. The molecule has 2 rings (SSSR count). The molecule has 0 spiro atoms. The van der Waals surface area contributed by atoms with Gasteiger partial charge in [0.15, 0.2) is 0 Å². The standard InChI is InChI=1S/C16H24.C11H20O4/c1-3-9-15(10-4-1)11-5-2-6-12-16-13-7-8-14-16;1-2-3-4-5-6-11(14)15-9-10(7-12)8-13/h1,3-4,9-10,16H,2,5-8,11-14H2;2-3,10,12-13H,4-9H2,1H3/b;3-2-. The zero-order valence-electron chi connectivity index (χ0n) is 19.5. The smallest absolute Gasteiger partial charge is 0.305 e. The molecule has 0 amide bonds. The van der Waals surface area contributed by atoms with Crippen LogP contribution in [0.5, 0.6) is 0 Å². The van der Waals surface area contributed by atoms with Crippen LogP contribution in [0.4, 0.5) is 0 Å². The molecule has 0 saturated heterocycles. The van der Waals surface area contributed by atoms with Gasteiger partial charge in [-0.25, -0.2) is 0 Å². The highest BCUT2D eigenvalue weighted by atomic mass is 16.5. The van der Waals surface area contributed by atoms with Crippen LogP contribution in [0.25, 0.3) is 0 Å². The third-order valence-corrected chi connectivity index (χ3v) is 5.88. The fraction of sp³-hybridized carbons (Fsp3) is 0.667. The summed E-state index contributed by atoms with van der Waals surface area (Å²) in [6.45, 7) is 1.70. The summed E-state index contributed by atoms with van der Waals surface area (Å²) in [5, 5.41) is 17.4. The topological polar surface area (TPSA) is 66.8 Å². The molecule has 1 aliphatic carbocycles. The third-order valence-electron chi connectivity index (χ3n) is 5.88. The molecule has 0 atom stereocenters. The Bertz CT molecular complexity index is 560. The van der Waals surface area contributed by atoms with E-state index in [2.05, 4.69) is 30.3 Å². The zero-order valence-corrected chi connectivity index (χ0v) is 19.5. The molecule has 1 aliphatic rings. The molecule has 2 N–H and O–H groups in total. The van der Waals surface area contributed by atoms with Gasteiger partial charge in [-0.2, -0.15) is 0 Å². The van der Waals surface area contributed by atoms with Gasteiger partial charge >= 0.3 is 5.97 Å². The number of unbranched alkanes of at least 4 members (excludes halogenated alkanes) is 3. The number of benzene rings is 1. The van der Waals surface area contributed by atoms with Crippen molar-refractivity contribution in [2.45, 2.75) is 84.0 Å². The van der Waals surface area contributed by atoms with Gasteiger partial charge in [0.2, 0.25) is 0 Å². The summed E-state index contributed by atoms with van der Waals surface area (Å²) < 4.78 is 4.88. The minimum absolute atomic E-state index is 0.0927. The van der Waals surface area contributed by atoms with Gasteiger partial charge < -0.3 is 14.9 Å². The van der Waals surface area contributed by atoms with Crippen LogP contribution in [0, 0.1) is 11.8 Å². The van der Waals surface area contributed by atoms with Gasteiger partial charge in [0.1, 0.15) is 0 Å². The van der Waals surface area contributed by atoms with E-state index in [9.17, 15) is 4.79 Å². The monoisotopic (exact) mass is 432 g/mol. The molecule has 0 heterocycles. The van der Waals surface area contributed by atoms with E-state index < -0.39 is 0 Å². The quantitative estimate of drug-likeness (QED) is 0.220. The number of carbonyl (C=O) groups excluding carboxylic acids is 1. The van der Waals surface area contributed by atoms with Crippen LogP contribution in [0.1, 0.15) is 83.1 Å². The van der Waals surface area contributed by atoms with E-state index in [1.807, 2.05) is 19.1 Å². The second-order valence-electron chi connectivity index (χ2n) is 8.61. The molecule has 4 heteroatoms. The van der Waals surface area contributed by atoms with Crippen LogP contribution in [0.3, 0.4) is 0 Å². The van der Waals surface area contributed by atoms with Crippen molar-refractivity contribution in [2.24, 2.45) is 11.8 Å². The number of aryl methyl sites for hydroxylation is 1. The molecule has 0 bridgehead atoms. The largest absolute Gasteiger partial charge is 0.465 e. The first-order chi connectivity index (χ1) is 15.2. The predicted molar refractivity (Wildman–Crippen MR) is 128 cm³/mol. The summed E-state index contributed by atoms with van der Waals surface area (Å²) in [4.78, 5) is 11.1. The molecular formula is C27H44O4. The molecule has 0 unspecified atom stereocenters. The van der Waals surface area contributed by atoms with Crippen molar-refractivity contribution in [2.75, 3.05) is 19.8 Å². The molecule has 1 fully saturated rings. The molecule has 31 heavy (non-hydrogen) atoms. The fourth-order valence-corrected chi connectivity index (χ4v) is 3.86. The van der Waals surface area contributed by atoms with Crippen LogP contribution in [-0.2, 0) is 16.0 Å². The van der Waals surface area contributed by atoms with Gasteiger partial charge in [-0.1, -0.05) is 87.4 Å². The summed E-state index contributed by atoms with van der Waals surface area (Å²) in [7, 11) is 0. The number of carbonyl (C=O) groups is 1. The molecule has 0 aromatic heterocycles. The van der Waals surface area contributed by atoms with Crippen molar-refractivity contribution in [3.63, 3.8) is 0 Å². The lowest BCUT2D eigenvalue weighted by Gasteiger charge is -2.10. The Kier molecular flexibility index (Phi) is 16.8. The van der Waals surface area contributed by atoms with Crippen molar-refractivity contribution in [1.82, 2.24) is 0 Å². The minimum atomic E-state index is -0.357. The van der Waals surface area contributed by atoms with Crippen LogP contribution < -0.4 is 0 Å². The van der Waals surface area contributed by atoms with Crippen LogP contribution in [-0.4, -0.2) is 36.0 Å². The summed E-state index contributed by atoms with van der Waals surface area (Å²) in [6.07, 6.45) is 19.0. The molecule has 0 radical (unpaired) electrons. The Labute approximate surface area is 189 Å². The predicted octanol–water partition coefficient (Wildman–Crippen LogP) is 5.86. The fourth-order valence-electron chi connectivity index (χ4n) is 3.86. The lowest BCUT2D eigenvalue weighted by atomic mass is 9.98. The Balaban J connectivity index is 0.000000311. The van der Waals surface area contributed by atoms with Gasteiger partial charge in [0.05, 0.1) is 19.8 Å². The molecule has 1 saturated carbocycles. The normalized spacial score (nSPS) is 14.1. The van der Waals surface area contributed by atoms with Gasteiger partial charge in [0, 0.05) is 12.3 Å². The highest BCUT2D eigenvalue weighted by molar-refractivity contribution is 5.69. The van der Waals surface area contributed by atoms with Crippen LogP contribution >= 0.6 is 0 Å². The number of ether oxygens (including phenoxy) is 1. The summed E-state index contributed by atoms with van der Waals surface area (Å²) in [5.41, 5.74) is 1.50. The Morgan fingerprint density at radius 3 is 2.42 bits per heavy atom. The lowest BCUT2D eigenvalue weighted by Crippen LogP contribution is -2.20. The Hall–Kier alpha value is -1.65. The van der Waals surface area contributed by atoms with Crippen molar-refractivity contribution >= 4 is 5.97 Å². The molecule has 1 aromatic rings. The number of aliphatic hydroxyl groups excluding tert-OH is 2. The van der Waals surface area contributed by atoms with Gasteiger partial charge in [-0.3, -0.25) is 4.79 Å². The summed E-state index contributed by atoms with van der Waals surface area (Å²) >= 11 is 0. The SMILES string of the molecule is C/C=C\CCCC(=O)OCC(CO)CO.c1ccc(CCCCCC2CCCC2)cc1. The number of hydrogen-bond donors (Lipinski definition) is 2. The van der Waals surface area contributed by atoms with Crippen LogP contribution in [0.15, 0.2) is 42.5 Å². The van der Waals surface area contributed by atoms with Gasteiger partial charge in [0.25, 0.3) is 0 Å². The van der Waals surface area contributed by atoms with Crippen molar-refractivity contribution in [3.05, 3.63) is 48.0 Å². The third kappa shape index (κ3) is 14.9. The van der Waals surface area contributed by atoms with E-state index in [1.54, 1.807) is 0 Å². The highest BCUT2D eigenvalue weighted by Gasteiger charge is 2.13. The molecule has 0 aliphatic heterocycles. The minimum Gasteiger partial charge on any atom is -0.465 e. The molecule has 1 aromatic carbocycles. The average molecular weight is 433 g/mol. The van der Waals surface area contributed by atoms with E-state index >= 15 is 0 Å². The number of allylic oxidation sites excluding steroid dienone is 2. The Morgan fingerprint density at radius 1 is 1.06 bits per heavy atom. The first kappa shape index (κ1) is 27.4. The van der Waals surface area contributed by atoms with Crippen molar-refractivity contribution in [1.29, 1.82) is 0 Å². The van der Waals surface area contributed by atoms with E-state index in [4.69, 9.17) is 14.9 Å². The highest BCUT2D eigenvalue weighted by Crippen LogP contribution is 2.29. The summed E-state index contributed by atoms with van der Waals surface area (Å²) in [6, 6.07) is 10.9. The second kappa shape index (κ2) is 19.1. The maximum Gasteiger partial charge on any atom is 0.305 e. The van der Waals surface area contributed by atoms with Gasteiger partial charge in [-0.15, -0.1) is 0 Å². The maximum atomic E-state index is 11.1. The van der Waals surface area contributed by atoms with Crippen molar-refractivity contribution < 1.29 is 19.7 Å². The summed E-state index contributed by atoms with van der Waals surface area (Å²) in [5.74, 6) is 0.451. The Morgan fingerprint density at radius 2 is 1.77 bits per heavy atom. The van der Waals surface area contributed by atoms with E-state index in [-0.39, 0.29) is 31.7 Å². The maximum absolute atomic E-state index is 11.1. The number of esters is 1. The average Bonchev–Trinajstić information content (AvgIpc) is 3.32. The first-order valence-corrected chi connectivity index (χ1v) is 12.2. The molecular weight excluding hydrogens is 388 g/mol. The van der Waals surface area contributed by atoms with E-state index in [1.165, 1.54) is 63.4 Å². The van der Waals surface area contributed by atoms with Crippen molar-refractivity contribution in [3.8, 4) is 0 Å². The van der Waals surface area contributed by atoms with E-state index in [0.717, 1.165) is 18.8 Å². The van der Waals surface area contributed by atoms with Gasteiger partial charge in [-0.05, 0) is 44.1 Å². The molecule has 4 nitrogen and oxygen atoms in total. The first-order valence-electron chi connectivity index (χ1n) is 12.2. The molecule has 176 valence electrons. The lowest BCUT2D eigenvalue weighted by molar-refractivity contribution is -0.145. The second-order valence-corrected chi connectivity index (χ2v) is 8.61. The van der Waals surface area contributed by atoms with Crippen LogP contribution in [0.2, 0.25) is 0 Å².